The zero-order valence-electron chi connectivity index (χ0n) is 14.8. The molecular weight excluding hydrogens is 352 g/mol. The van der Waals surface area contributed by atoms with E-state index in [0.29, 0.717) is 22.3 Å². The number of rotatable bonds is 6. The average Bonchev–Trinajstić information content (AvgIpc) is 2.72. The zero-order chi connectivity index (χ0) is 19.8. The summed E-state index contributed by atoms with van der Waals surface area (Å²) in [7, 11) is 2.54. The van der Waals surface area contributed by atoms with E-state index in [9.17, 15) is 19.2 Å². The molecule has 27 heavy (non-hydrogen) atoms. The summed E-state index contributed by atoms with van der Waals surface area (Å²) in [5.74, 6) is -1.81. The lowest BCUT2D eigenvalue weighted by molar-refractivity contribution is 0.0592. The SMILES string of the molecule is COC(=O)c1ccc(C(=O)NCNC(=O)c2ccc(C(=O)OC)cc2)cc1. The molecule has 8 nitrogen and oxygen atoms in total. The molecule has 2 N–H and O–H groups in total. The molecule has 0 spiro atoms. The molecule has 0 aliphatic rings. The van der Waals surface area contributed by atoms with Gasteiger partial charge < -0.3 is 20.1 Å². The van der Waals surface area contributed by atoms with Gasteiger partial charge in [-0.1, -0.05) is 0 Å². The minimum absolute atomic E-state index is 0.0881. The van der Waals surface area contributed by atoms with Crippen LogP contribution < -0.4 is 10.6 Å². The molecule has 2 aromatic rings. The van der Waals surface area contributed by atoms with E-state index in [1.807, 2.05) is 0 Å². The number of carbonyl (C=O) groups excluding carboxylic acids is 4. The Morgan fingerprint density at radius 3 is 1.22 bits per heavy atom. The summed E-state index contributed by atoms with van der Waals surface area (Å²) >= 11 is 0. The number of methoxy groups -OCH3 is 2. The van der Waals surface area contributed by atoms with Crippen LogP contribution in [0.1, 0.15) is 41.4 Å². The Hall–Kier alpha value is -3.68. The van der Waals surface area contributed by atoms with Gasteiger partial charge in [0.15, 0.2) is 0 Å². The van der Waals surface area contributed by atoms with Gasteiger partial charge in [0.25, 0.3) is 11.8 Å². The average molecular weight is 370 g/mol. The van der Waals surface area contributed by atoms with Crippen molar-refractivity contribution in [2.45, 2.75) is 0 Å². The van der Waals surface area contributed by atoms with E-state index in [1.54, 1.807) is 0 Å². The lowest BCUT2D eigenvalue weighted by atomic mass is 10.1. The second-order valence-corrected chi connectivity index (χ2v) is 5.33. The van der Waals surface area contributed by atoms with E-state index in [-0.39, 0.29) is 6.67 Å². The molecule has 140 valence electrons. The predicted octanol–water partition coefficient (Wildman–Crippen LogP) is 1.38. The first-order valence-electron chi connectivity index (χ1n) is 7.89. The molecule has 0 unspecified atom stereocenters. The van der Waals surface area contributed by atoms with Gasteiger partial charge in [0, 0.05) is 11.1 Å². The maximum Gasteiger partial charge on any atom is 0.337 e. The molecule has 8 heteroatoms. The summed E-state index contributed by atoms with van der Waals surface area (Å²) in [5.41, 5.74) is 1.33. The third-order valence-electron chi connectivity index (χ3n) is 3.63. The van der Waals surface area contributed by atoms with Crippen LogP contribution in [0.15, 0.2) is 48.5 Å². The van der Waals surface area contributed by atoms with Crippen molar-refractivity contribution >= 4 is 23.8 Å². The predicted molar refractivity (Wildman–Crippen MR) is 95.4 cm³/mol. The minimum Gasteiger partial charge on any atom is -0.465 e. The van der Waals surface area contributed by atoms with Crippen LogP contribution in [0.25, 0.3) is 0 Å². The van der Waals surface area contributed by atoms with Crippen molar-refractivity contribution in [3.63, 3.8) is 0 Å². The maximum atomic E-state index is 12.0. The maximum absolute atomic E-state index is 12.0. The van der Waals surface area contributed by atoms with E-state index in [0.717, 1.165) is 0 Å². The fourth-order valence-electron chi connectivity index (χ4n) is 2.16. The number of esters is 2. The smallest absolute Gasteiger partial charge is 0.337 e. The quantitative estimate of drug-likeness (QED) is 0.587. The van der Waals surface area contributed by atoms with Crippen LogP contribution in [0, 0.1) is 0 Å². The van der Waals surface area contributed by atoms with E-state index in [1.165, 1.54) is 62.8 Å². The molecular formula is C19H18N2O6. The largest absolute Gasteiger partial charge is 0.465 e. The van der Waals surface area contributed by atoms with Crippen LogP contribution in [-0.4, -0.2) is 44.6 Å². The fourth-order valence-corrected chi connectivity index (χ4v) is 2.16. The Kier molecular flexibility index (Phi) is 6.65. The highest BCUT2D eigenvalue weighted by Crippen LogP contribution is 2.07. The van der Waals surface area contributed by atoms with Gasteiger partial charge in [-0.2, -0.15) is 0 Å². The van der Waals surface area contributed by atoms with Crippen molar-refractivity contribution in [1.29, 1.82) is 0 Å². The first-order chi connectivity index (χ1) is 13.0. The fraction of sp³-hybridized carbons (Fsp3) is 0.158. The van der Waals surface area contributed by atoms with E-state index < -0.39 is 23.8 Å². The Labute approximate surface area is 155 Å². The summed E-state index contributed by atoms with van der Waals surface area (Å²) in [6.07, 6.45) is 0. The molecule has 0 heterocycles. The first-order valence-corrected chi connectivity index (χ1v) is 7.89. The Morgan fingerprint density at radius 2 is 0.926 bits per heavy atom. The van der Waals surface area contributed by atoms with Crippen LogP contribution >= 0.6 is 0 Å². The highest BCUT2D eigenvalue weighted by Gasteiger charge is 2.11. The standard InChI is InChI=1S/C19H18N2O6/c1-26-18(24)14-7-3-12(4-8-14)16(22)20-11-21-17(23)13-5-9-15(10-6-13)19(25)27-2/h3-10H,11H2,1-2H3,(H,20,22)(H,21,23). The van der Waals surface area contributed by atoms with Crippen LogP contribution in [0.2, 0.25) is 0 Å². The van der Waals surface area contributed by atoms with Crippen molar-refractivity contribution in [1.82, 2.24) is 10.6 Å². The van der Waals surface area contributed by atoms with Gasteiger partial charge in [-0.3, -0.25) is 9.59 Å². The lowest BCUT2D eigenvalue weighted by Gasteiger charge is -2.08. The highest BCUT2D eigenvalue weighted by atomic mass is 16.5. The number of benzene rings is 2. The number of amides is 2. The molecule has 0 saturated carbocycles. The molecule has 0 atom stereocenters. The highest BCUT2D eigenvalue weighted by molar-refractivity contribution is 5.98. The van der Waals surface area contributed by atoms with Gasteiger partial charge >= 0.3 is 11.9 Å². The van der Waals surface area contributed by atoms with E-state index >= 15 is 0 Å². The van der Waals surface area contributed by atoms with Crippen LogP contribution in [0.5, 0.6) is 0 Å². The minimum atomic E-state index is -0.493. The van der Waals surface area contributed by atoms with E-state index in [2.05, 4.69) is 20.1 Å². The number of carbonyl (C=O) groups is 4. The monoisotopic (exact) mass is 370 g/mol. The zero-order valence-corrected chi connectivity index (χ0v) is 14.8. The number of ether oxygens (including phenoxy) is 2. The molecule has 0 aliphatic heterocycles. The van der Waals surface area contributed by atoms with Crippen molar-refractivity contribution in [3.05, 3.63) is 70.8 Å². The van der Waals surface area contributed by atoms with Crippen molar-refractivity contribution in [3.8, 4) is 0 Å². The molecule has 2 rings (SSSR count). The van der Waals surface area contributed by atoms with E-state index in [4.69, 9.17) is 0 Å². The van der Waals surface area contributed by atoms with Gasteiger partial charge in [0.1, 0.15) is 0 Å². The third kappa shape index (κ3) is 5.15. The number of nitrogens with one attached hydrogen (secondary N) is 2. The van der Waals surface area contributed by atoms with Gasteiger partial charge in [0.05, 0.1) is 32.0 Å². The lowest BCUT2D eigenvalue weighted by Crippen LogP contribution is -2.37. The topological polar surface area (TPSA) is 111 Å². The Balaban J connectivity index is 1.86. The van der Waals surface area contributed by atoms with Crippen LogP contribution in [0.3, 0.4) is 0 Å². The van der Waals surface area contributed by atoms with Gasteiger partial charge in [-0.25, -0.2) is 9.59 Å². The Bertz CT molecular complexity index is 772. The second-order valence-electron chi connectivity index (χ2n) is 5.33. The summed E-state index contributed by atoms with van der Waals surface area (Å²) in [5, 5.41) is 5.08. The van der Waals surface area contributed by atoms with Gasteiger partial charge in [0.2, 0.25) is 0 Å². The van der Waals surface area contributed by atoms with Gasteiger partial charge in [-0.15, -0.1) is 0 Å². The first kappa shape index (κ1) is 19.6. The third-order valence-corrected chi connectivity index (χ3v) is 3.63. The number of hydrogen-bond donors (Lipinski definition) is 2. The summed E-state index contributed by atoms with van der Waals surface area (Å²) in [6, 6.07) is 11.8. The molecule has 0 saturated heterocycles. The van der Waals surface area contributed by atoms with Crippen LogP contribution in [-0.2, 0) is 9.47 Å². The second kappa shape index (κ2) is 9.14. The summed E-state index contributed by atoms with van der Waals surface area (Å²) < 4.78 is 9.17. The van der Waals surface area contributed by atoms with Crippen LogP contribution in [0.4, 0.5) is 0 Å². The van der Waals surface area contributed by atoms with Gasteiger partial charge in [-0.05, 0) is 48.5 Å². The van der Waals surface area contributed by atoms with Crippen molar-refractivity contribution in [2.75, 3.05) is 20.9 Å². The number of hydrogen-bond acceptors (Lipinski definition) is 6. The Morgan fingerprint density at radius 1 is 0.630 bits per heavy atom. The normalized spacial score (nSPS) is 9.85. The molecule has 0 aliphatic carbocycles. The molecule has 2 amide bonds. The van der Waals surface area contributed by atoms with Crippen molar-refractivity contribution < 1.29 is 28.7 Å². The molecule has 0 aromatic heterocycles. The molecule has 0 radical (unpaired) electrons. The molecule has 0 bridgehead atoms. The summed E-state index contributed by atoms with van der Waals surface area (Å²) in [4.78, 5) is 46.8. The molecule has 2 aromatic carbocycles. The van der Waals surface area contributed by atoms with Crippen molar-refractivity contribution in [2.24, 2.45) is 0 Å². The molecule has 0 fully saturated rings. The summed E-state index contributed by atoms with van der Waals surface area (Å²) in [6.45, 7) is -0.0881.